The van der Waals surface area contributed by atoms with Crippen LogP contribution in [-0.4, -0.2) is 20.2 Å². The third-order valence-corrected chi connectivity index (χ3v) is 6.73. The molecule has 0 atom stereocenters. The second-order valence-corrected chi connectivity index (χ2v) is 9.84. The number of amides is 2. The number of hydrogen-bond acceptors (Lipinski definition) is 3. The van der Waals surface area contributed by atoms with Crippen molar-refractivity contribution in [1.29, 1.82) is 0 Å². The minimum Gasteiger partial charge on any atom is -0.307 e. The van der Waals surface area contributed by atoms with E-state index in [-0.39, 0.29) is 5.75 Å². The summed E-state index contributed by atoms with van der Waals surface area (Å²) in [6, 6.07) is 1.67. The van der Waals surface area contributed by atoms with E-state index in [1.54, 1.807) is 0 Å². The Morgan fingerprint density at radius 2 is 1.65 bits per heavy atom. The molecule has 6 heteroatoms. The first kappa shape index (κ1) is 19.2. The van der Waals surface area contributed by atoms with Crippen LogP contribution in [0.3, 0.4) is 0 Å². The zero-order valence-corrected chi connectivity index (χ0v) is 16.7. The monoisotopic (exact) mass is 378 g/mol. The normalized spacial score (nSPS) is 15.8. The molecule has 5 nitrogen and oxygen atoms in total. The van der Waals surface area contributed by atoms with E-state index < -0.39 is 16.1 Å². The van der Waals surface area contributed by atoms with Crippen LogP contribution >= 0.6 is 0 Å². The van der Waals surface area contributed by atoms with Gasteiger partial charge < -0.3 is 5.32 Å². The second kappa shape index (κ2) is 7.99. The van der Waals surface area contributed by atoms with Crippen molar-refractivity contribution in [2.45, 2.75) is 71.6 Å². The van der Waals surface area contributed by atoms with Gasteiger partial charge in [-0.05, 0) is 73.1 Å². The van der Waals surface area contributed by atoms with Gasteiger partial charge in [-0.1, -0.05) is 32.8 Å². The lowest BCUT2D eigenvalue weighted by Gasteiger charge is -2.16. The van der Waals surface area contributed by atoms with Crippen molar-refractivity contribution >= 4 is 21.7 Å². The van der Waals surface area contributed by atoms with Gasteiger partial charge in [-0.25, -0.2) is 17.9 Å². The molecule has 1 aromatic carbocycles. The smallest absolute Gasteiger partial charge is 0.307 e. The molecule has 0 bridgehead atoms. The molecule has 0 aliphatic heterocycles. The highest BCUT2D eigenvalue weighted by Gasteiger charge is 2.25. The second-order valence-electron chi connectivity index (χ2n) is 8.00. The number of sulfonamides is 1. The van der Waals surface area contributed by atoms with Crippen molar-refractivity contribution in [3.05, 3.63) is 28.3 Å². The maximum Gasteiger partial charge on any atom is 0.332 e. The van der Waals surface area contributed by atoms with Gasteiger partial charge in [0.25, 0.3) is 0 Å². The summed E-state index contributed by atoms with van der Waals surface area (Å²) in [6.45, 7) is 4.24. The van der Waals surface area contributed by atoms with Crippen molar-refractivity contribution in [3.63, 3.8) is 0 Å². The number of unbranched alkanes of at least 4 members (excludes halogenated alkanes) is 1. The molecule has 0 unspecified atom stereocenters. The number of urea groups is 1. The summed E-state index contributed by atoms with van der Waals surface area (Å²) in [5.74, 6) is 0.564. The number of fused-ring (bicyclic) bond motifs is 2. The largest absolute Gasteiger partial charge is 0.332 e. The maximum atomic E-state index is 12.4. The molecule has 3 rings (SSSR count). The lowest BCUT2D eigenvalue weighted by molar-refractivity contribution is 0.256. The van der Waals surface area contributed by atoms with E-state index in [1.165, 1.54) is 22.3 Å². The number of carbonyl (C=O) groups is 1. The summed E-state index contributed by atoms with van der Waals surface area (Å²) >= 11 is 0. The highest BCUT2D eigenvalue weighted by molar-refractivity contribution is 7.90. The fourth-order valence-corrected chi connectivity index (χ4v) is 5.16. The van der Waals surface area contributed by atoms with E-state index in [1.807, 2.05) is 0 Å². The van der Waals surface area contributed by atoms with Crippen molar-refractivity contribution in [2.24, 2.45) is 5.92 Å². The first-order valence-corrected chi connectivity index (χ1v) is 11.5. The third-order valence-electron chi connectivity index (χ3n) is 5.40. The Bertz CT molecular complexity index is 752. The van der Waals surface area contributed by atoms with Gasteiger partial charge in [-0.15, -0.1) is 0 Å². The Labute approximate surface area is 157 Å². The predicted molar refractivity (Wildman–Crippen MR) is 105 cm³/mol. The first-order chi connectivity index (χ1) is 12.4. The van der Waals surface area contributed by atoms with Gasteiger partial charge in [0.15, 0.2) is 0 Å². The number of anilines is 1. The van der Waals surface area contributed by atoms with Crippen molar-refractivity contribution < 1.29 is 13.2 Å². The molecule has 0 fully saturated rings. The van der Waals surface area contributed by atoms with E-state index in [2.05, 4.69) is 30.0 Å². The van der Waals surface area contributed by atoms with E-state index in [0.717, 1.165) is 57.1 Å². The summed E-state index contributed by atoms with van der Waals surface area (Å²) < 4.78 is 26.5. The van der Waals surface area contributed by atoms with Crippen LogP contribution in [-0.2, 0) is 35.7 Å². The van der Waals surface area contributed by atoms with Crippen molar-refractivity contribution in [3.8, 4) is 0 Å². The number of rotatable bonds is 7. The van der Waals surface area contributed by atoms with Gasteiger partial charge in [-0.2, -0.15) is 0 Å². The number of carbonyl (C=O) groups excluding carboxylic acids is 1. The summed E-state index contributed by atoms with van der Waals surface area (Å²) in [5, 5.41) is 2.88. The van der Waals surface area contributed by atoms with Gasteiger partial charge in [0.2, 0.25) is 10.0 Å². The van der Waals surface area contributed by atoms with Crippen LogP contribution in [0.25, 0.3) is 0 Å². The topological polar surface area (TPSA) is 75.3 Å². The highest BCUT2D eigenvalue weighted by Crippen LogP contribution is 2.38. The number of aryl methyl sites for hydroxylation is 2. The zero-order chi connectivity index (χ0) is 18.7. The summed E-state index contributed by atoms with van der Waals surface area (Å²) in [5.41, 5.74) is 5.92. The highest BCUT2D eigenvalue weighted by atomic mass is 32.2. The van der Waals surface area contributed by atoms with Crippen LogP contribution < -0.4 is 10.0 Å². The van der Waals surface area contributed by atoms with Crippen LogP contribution in [0.2, 0.25) is 0 Å². The van der Waals surface area contributed by atoms with Gasteiger partial charge in [0, 0.05) is 5.69 Å². The minimum absolute atomic E-state index is 0.00184. The average Bonchev–Trinajstić information content (AvgIpc) is 3.19. The first-order valence-electron chi connectivity index (χ1n) is 9.83. The average molecular weight is 379 g/mol. The molecule has 2 aliphatic rings. The summed E-state index contributed by atoms with van der Waals surface area (Å²) in [7, 11) is -3.59. The molecule has 2 N–H and O–H groups in total. The molecule has 0 radical (unpaired) electrons. The number of hydrogen-bond donors (Lipinski definition) is 2. The van der Waals surface area contributed by atoms with E-state index in [0.29, 0.717) is 12.3 Å². The standard InChI is InChI=1S/C20H30N2O3S/c1-14(2)7-3-4-12-26(24,25)22-20(23)21-19-17-10-5-8-15(17)13-16-9-6-11-18(16)19/h13-14H,3-12H2,1-2H3,(H2,21,22,23). The van der Waals surface area contributed by atoms with Gasteiger partial charge in [0.05, 0.1) is 5.75 Å². The molecule has 0 spiro atoms. The van der Waals surface area contributed by atoms with Crippen LogP contribution in [0.1, 0.15) is 68.2 Å². The molecule has 2 amide bonds. The Balaban J connectivity index is 1.64. The molecule has 1 aromatic rings. The Morgan fingerprint density at radius 1 is 1.04 bits per heavy atom. The molecule has 2 aliphatic carbocycles. The van der Waals surface area contributed by atoms with E-state index in [9.17, 15) is 13.2 Å². The van der Waals surface area contributed by atoms with Gasteiger partial charge in [0.1, 0.15) is 0 Å². The van der Waals surface area contributed by atoms with E-state index >= 15 is 0 Å². The van der Waals surface area contributed by atoms with E-state index in [4.69, 9.17) is 0 Å². The maximum absolute atomic E-state index is 12.4. The fraction of sp³-hybridized carbons (Fsp3) is 0.650. The quantitative estimate of drug-likeness (QED) is 0.706. The van der Waals surface area contributed by atoms with Crippen LogP contribution in [0, 0.1) is 5.92 Å². The molecule has 144 valence electrons. The molecule has 0 heterocycles. The summed E-state index contributed by atoms with van der Waals surface area (Å²) in [6.07, 6.45) is 8.66. The predicted octanol–water partition coefficient (Wildman–Crippen LogP) is 3.94. The molecule has 0 saturated carbocycles. The van der Waals surface area contributed by atoms with Gasteiger partial charge in [-0.3, -0.25) is 0 Å². The Morgan fingerprint density at radius 3 is 2.23 bits per heavy atom. The lowest BCUT2D eigenvalue weighted by Crippen LogP contribution is -2.36. The van der Waals surface area contributed by atoms with Crippen LogP contribution in [0.15, 0.2) is 6.07 Å². The Kier molecular flexibility index (Phi) is 5.90. The molecule has 26 heavy (non-hydrogen) atoms. The van der Waals surface area contributed by atoms with Gasteiger partial charge >= 0.3 is 6.03 Å². The zero-order valence-electron chi connectivity index (χ0n) is 15.9. The van der Waals surface area contributed by atoms with Crippen molar-refractivity contribution in [2.75, 3.05) is 11.1 Å². The van der Waals surface area contributed by atoms with Crippen LogP contribution in [0.5, 0.6) is 0 Å². The molecule has 0 aromatic heterocycles. The molecular weight excluding hydrogens is 348 g/mol. The number of benzene rings is 1. The fourth-order valence-electron chi connectivity index (χ4n) is 4.14. The number of nitrogens with one attached hydrogen (secondary N) is 2. The molecular formula is C20H30N2O3S. The lowest BCUT2D eigenvalue weighted by atomic mass is 9.99. The Hall–Kier alpha value is -1.56. The SMILES string of the molecule is CC(C)CCCCS(=O)(=O)NC(=O)Nc1c2c(cc3c1CCC3)CCC2. The third kappa shape index (κ3) is 4.58. The van der Waals surface area contributed by atoms with Crippen molar-refractivity contribution in [1.82, 2.24) is 4.72 Å². The minimum atomic E-state index is -3.59. The van der Waals surface area contributed by atoms with Crippen LogP contribution in [0.4, 0.5) is 10.5 Å². The molecule has 0 saturated heterocycles. The summed E-state index contributed by atoms with van der Waals surface area (Å²) in [4.78, 5) is 12.4.